The molecular formula is C27H34F3N3O3. The van der Waals surface area contributed by atoms with E-state index in [0.29, 0.717) is 31.1 Å². The molecule has 1 fully saturated rings. The topological polar surface area (TPSA) is 79.5 Å². The molecule has 0 saturated heterocycles. The van der Waals surface area contributed by atoms with Gasteiger partial charge in [0.2, 0.25) is 11.8 Å². The fourth-order valence-corrected chi connectivity index (χ4v) is 4.47. The van der Waals surface area contributed by atoms with Crippen molar-refractivity contribution in [3.63, 3.8) is 0 Å². The number of amides is 2. The first-order valence-electron chi connectivity index (χ1n) is 12.4. The van der Waals surface area contributed by atoms with Crippen LogP contribution in [0.4, 0.5) is 18.9 Å². The molecule has 36 heavy (non-hydrogen) atoms. The van der Waals surface area contributed by atoms with Gasteiger partial charge in [0, 0.05) is 18.8 Å². The number of hydrogen-bond acceptors (Lipinski definition) is 4. The first-order chi connectivity index (χ1) is 17.2. The minimum absolute atomic E-state index is 0.184. The molecule has 0 bridgehead atoms. The molecule has 2 amide bonds. The first-order valence-corrected chi connectivity index (χ1v) is 12.4. The van der Waals surface area contributed by atoms with E-state index in [1.165, 1.54) is 30.7 Å². The summed E-state index contributed by atoms with van der Waals surface area (Å²) in [6.45, 7) is 2.50. The summed E-state index contributed by atoms with van der Waals surface area (Å²) in [5, 5.41) is 8.90. The maximum atomic E-state index is 13.0. The van der Waals surface area contributed by atoms with Crippen molar-refractivity contribution in [2.45, 2.75) is 63.8 Å². The van der Waals surface area contributed by atoms with Crippen molar-refractivity contribution in [2.24, 2.45) is 5.92 Å². The Morgan fingerprint density at radius 2 is 1.61 bits per heavy atom. The van der Waals surface area contributed by atoms with Gasteiger partial charge in [-0.2, -0.15) is 0 Å². The number of nitrogens with one attached hydrogen (secondary N) is 3. The molecule has 196 valence electrons. The maximum absolute atomic E-state index is 13.0. The summed E-state index contributed by atoms with van der Waals surface area (Å²) in [5.74, 6) is -0.690. The van der Waals surface area contributed by atoms with Gasteiger partial charge in [-0.05, 0) is 49.1 Å². The van der Waals surface area contributed by atoms with E-state index in [1.54, 1.807) is 0 Å². The van der Waals surface area contributed by atoms with Crippen molar-refractivity contribution in [3.8, 4) is 5.75 Å². The molecule has 6 nitrogen and oxygen atoms in total. The van der Waals surface area contributed by atoms with Crippen LogP contribution >= 0.6 is 0 Å². The van der Waals surface area contributed by atoms with Crippen LogP contribution in [0.2, 0.25) is 0 Å². The van der Waals surface area contributed by atoms with Crippen molar-refractivity contribution in [1.82, 2.24) is 10.6 Å². The Hall–Kier alpha value is -3.23. The van der Waals surface area contributed by atoms with E-state index >= 15 is 0 Å². The van der Waals surface area contributed by atoms with Gasteiger partial charge in [-0.15, -0.1) is 13.2 Å². The smallest absolute Gasteiger partial charge is 0.406 e. The van der Waals surface area contributed by atoms with Gasteiger partial charge in [0.15, 0.2) is 0 Å². The van der Waals surface area contributed by atoms with Crippen LogP contribution in [0.1, 0.15) is 56.9 Å². The average Bonchev–Trinajstić information content (AvgIpc) is 2.86. The average molecular weight is 506 g/mol. The Morgan fingerprint density at radius 3 is 2.25 bits per heavy atom. The van der Waals surface area contributed by atoms with Crippen molar-refractivity contribution in [2.75, 3.05) is 18.4 Å². The molecule has 9 heteroatoms. The van der Waals surface area contributed by atoms with Crippen LogP contribution in [0, 0.1) is 5.92 Å². The number of rotatable bonds is 11. The van der Waals surface area contributed by atoms with Gasteiger partial charge < -0.3 is 20.7 Å². The normalized spacial score (nSPS) is 16.0. The molecule has 0 radical (unpaired) electrons. The van der Waals surface area contributed by atoms with Crippen molar-refractivity contribution < 1.29 is 27.5 Å². The number of carbonyl (C=O) groups is 2. The molecule has 0 heterocycles. The van der Waals surface area contributed by atoms with Gasteiger partial charge in [0.1, 0.15) is 11.8 Å². The minimum Gasteiger partial charge on any atom is -0.406 e. The van der Waals surface area contributed by atoms with Gasteiger partial charge in [0.25, 0.3) is 0 Å². The molecule has 3 rings (SSSR count). The summed E-state index contributed by atoms with van der Waals surface area (Å²) in [4.78, 5) is 26.0. The predicted octanol–water partition coefficient (Wildman–Crippen LogP) is 5.37. The predicted molar refractivity (Wildman–Crippen MR) is 133 cm³/mol. The number of alkyl halides is 3. The highest BCUT2D eigenvalue weighted by Crippen LogP contribution is 2.28. The summed E-state index contributed by atoms with van der Waals surface area (Å²) in [5.41, 5.74) is 1.49. The fourth-order valence-electron chi connectivity index (χ4n) is 4.47. The van der Waals surface area contributed by atoms with E-state index in [9.17, 15) is 22.8 Å². The van der Waals surface area contributed by atoms with Gasteiger partial charge in [-0.3, -0.25) is 9.59 Å². The molecule has 3 N–H and O–H groups in total. The molecule has 0 aliphatic heterocycles. The van der Waals surface area contributed by atoms with Crippen LogP contribution in [0.5, 0.6) is 5.75 Å². The quantitative estimate of drug-likeness (QED) is 0.359. The first kappa shape index (κ1) is 27.4. The van der Waals surface area contributed by atoms with Crippen LogP contribution in [-0.4, -0.2) is 37.3 Å². The Kier molecular flexibility index (Phi) is 10.0. The molecule has 0 spiro atoms. The van der Waals surface area contributed by atoms with Crippen LogP contribution in [0.15, 0.2) is 54.6 Å². The van der Waals surface area contributed by atoms with E-state index in [4.69, 9.17) is 0 Å². The number of ether oxygens (including phenoxy) is 1. The molecular weight excluding hydrogens is 471 g/mol. The molecule has 1 saturated carbocycles. The largest absolute Gasteiger partial charge is 0.573 e. The van der Waals surface area contributed by atoms with Gasteiger partial charge in [-0.25, -0.2) is 0 Å². The summed E-state index contributed by atoms with van der Waals surface area (Å²) in [7, 11) is 0. The van der Waals surface area contributed by atoms with E-state index in [1.807, 2.05) is 37.3 Å². The highest BCUT2D eigenvalue weighted by molar-refractivity contribution is 5.90. The summed E-state index contributed by atoms with van der Waals surface area (Å²) < 4.78 is 40.7. The molecule has 0 aromatic heterocycles. The van der Waals surface area contributed by atoms with Gasteiger partial charge in [0.05, 0.1) is 5.92 Å². The molecule has 2 aromatic rings. The standard InChI is InChI=1S/C27H34F3N3O3/c1-19(21-10-6-3-7-11-21)25(34)33-24(18-20-8-4-2-5-9-20)26(35)32-17-16-31-22-12-14-23(15-13-22)36-27(28,29)30/h3,6-7,10-15,19-20,24,31H,2,4-5,8-9,16-18H2,1H3,(H,32,35)(H,33,34). The van der Waals surface area contributed by atoms with Crippen LogP contribution in [0.25, 0.3) is 0 Å². The highest BCUT2D eigenvalue weighted by Gasteiger charge is 2.31. The fraction of sp³-hybridized carbons (Fsp3) is 0.481. The SMILES string of the molecule is CC(C(=O)NC(CC1CCCCC1)C(=O)NCCNc1ccc(OC(F)(F)F)cc1)c1ccccc1. The van der Waals surface area contributed by atoms with Crippen molar-refractivity contribution in [1.29, 1.82) is 0 Å². The Labute approximate surface area is 210 Å². The number of hydrogen-bond donors (Lipinski definition) is 3. The Bertz CT molecular complexity index is 962. The summed E-state index contributed by atoms with van der Waals surface area (Å²) in [6, 6.07) is 14.2. The van der Waals surface area contributed by atoms with Gasteiger partial charge >= 0.3 is 6.36 Å². The number of anilines is 1. The van der Waals surface area contributed by atoms with Crippen LogP contribution in [-0.2, 0) is 9.59 Å². The van der Waals surface area contributed by atoms with E-state index in [-0.39, 0.29) is 23.5 Å². The molecule has 1 aliphatic rings. The maximum Gasteiger partial charge on any atom is 0.573 e. The molecule has 1 aliphatic carbocycles. The van der Waals surface area contributed by atoms with Crippen LogP contribution < -0.4 is 20.7 Å². The monoisotopic (exact) mass is 505 g/mol. The Morgan fingerprint density at radius 1 is 0.944 bits per heavy atom. The summed E-state index contributed by atoms with van der Waals surface area (Å²) in [6.07, 6.45) is 1.48. The number of carbonyl (C=O) groups excluding carboxylic acids is 2. The molecule has 2 aromatic carbocycles. The zero-order valence-electron chi connectivity index (χ0n) is 20.4. The zero-order chi connectivity index (χ0) is 26.0. The lowest BCUT2D eigenvalue weighted by Crippen LogP contribution is -2.49. The van der Waals surface area contributed by atoms with E-state index < -0.39 is 12.4 Å². The number of halogens is 3. The molecule has 2 unspecified atom stereocenters. The van der Waals surface area contributed by atoms with Crippen LogP contribution in [0.3, 0.4) is 0 Å². The summed E-state index contributed by atoms with van der Waals surface area (Å²) >= 11 is 0. The highest BCUT2D eigenvalue weighted by atomic mass is 19.4. The third-order valence-corrected chi connectivity index (χ3v) is 6.46. The van der Waals surface area contributed by atoms with Crippen molar-refractivity contribution in [3.05, 3.63) is 60.2 Å². The second kappa shape index (κ2) is 13.2. The molecule has 2 atom stereocenters. The van der Waals surface area contributed by atoms with Crippen molar-refractivity contribution >= 4 is 17.5 Å². The van der Waals surface area contributed by atoms with Gasteiger partial charge in [-0.1, -0.05) is 62.4 Å². The lowest BCUT2D eigenvalue weighted by atomic mass is 9.84. The minimum atomic E-state index is -4.73. The number of benzene rings is 2. The second-order valence-electron chi connectivity index (χ2n) is 9.22. The third-order valence-electron chi connectivity index (χ3n) is 6.46. The Balaban J connectivity index is 1.51. The third kappa shape index (κ3) is 9.09. The zero-order valence-corrected chi connectivity index (χ0v) is 20.4. The van der Waals surface area contributed by atoms with E-state index in [2.05, 4.69) is 20.7 Å². The lowest BCUT2D eigenvalue weighted by molar-refractivity contribution is -0.274. The van der Waals surface area contributed by atoms with E-state index in [0.717, 1.165) is 31.2 Å². The lowest BCUT2D eigenvalue weighted by Gasteiger charge is -2.27. The second-order valence-corrected chi connectivity index (χ2v) is 9.22.